The van der Waals surface area contributed by atoms with Gasteiger partial charge in [0.05, 0.1) is 0 Å². The topological polar surface area (TPSA) is 18.5 Å². The normalized spacial score (nSPS) is 19.9. The fraction of sp³-hybridized carbons (Fsp3) is 0.368. The van der Waals surface area contributed by atoms with Crippen molar-refractivity contribution in [3.8, 4) is 11.5 Å². The van der Waals surface area contributed by atoms with Crippen LogP contribution in [-0.2, 0) is 19.3 Å². The maximum Gasteiger partial charge on any atom is 0.161 e. The third-order valence-electron chi connectivity index (χ3n) is 4.32. The number of aryl methyl sites for hydroxylation is 2. The molecule has 1 atom stereocenters. The average molecular weight is 279 g/mol. The maximum absolute atomic E-state index is 6.03. The summed E-state index contributed by atoms with van der Waals surface area (Å²) >= 11 is 0. The van der Waals surface area contributed by atoms with Crippen LogP contribution in [0.2, 0.25) is 0 Å². The Morgan fingerprint density at radius 3 is 2.81 bits per heavy atom. The fourth-order valence-electron chi connectivity index (χ4n) is 3.22. The van der Waals surface area contributed by atoms with Crippen molar-refractivity contribution in [2.45, 2.75) is 38.2 Å². The van der Waals surface area contributed by atoms with Crippen LogP contribution in [0.5, 0.6) is 11.5 Å². The lowest BCUT2D eigenvalue weighted by Gasteiger charge is -2.26. The Morgan fingerprint density at radius 2 is 1.86 bits per heavy atom. The molecule has 1 unspecified atom stereocenters. The molecule has 4 rings (SSSR count). The van der Waals surface area contributed by atoms with Gasteiger partial charge in [0.1, 0.15) is 12.7 Å². The number of para-hydroxylation sites is 2. The molecule has 1 aliphatic heterocycles. The third-order valence-corrected chi connectivity index (χ3v) is 4.32. The quantitative estimate of drug-likeness (QED) is 0.833. The molecular formula is C19H19O2. The molecule has 21 heavy (non-hydrogen) atoms. The highest BCUT2D eigenvalue weighted by molar-refractivity contribution is 5.41. The Hall–Kier alpha value is -1.96. The van der Waals surface area contributed by atoms with Crippen molar-refractivity contribution >= 4 is 0 Å². The molecule has 0 N–H and O–H groups in total. The first-order valence-corrected chi connectivity index (χ1v) is 7.80. The van der Waals surface area contributed by atoms with Gasteiger partial charge in [-0.3, -0.25) is 0 Å². The fourth-order valence-corrected chi connectivity index (χ4v) is 3.22. The van der Waals surface area contributed by atoms with E-state index in [1.54, 1.807) is 0 Å². The summed E-state index contributed by atoms with van der Waals surface area (Å²) in [7, 11) is 0. The van der Waals surface area contributed by atoms with Crippen LogP contribution >= 0.6 is 0 Å². The maximum atomic E-state index is 6.03. The molecule has 0 bridgehead atoms. The second kappa shape index (κ2) is 5.44. The summed E-state index contributed by atoms with van der Waals surface area (Å²) in [5.74, 6) is 1.70. The zero-order valence-electron chi connectivity index (χ0n) is 12.1. The van der Waals surface area contributed by atoms with E-state index in [2.05, 4.69) is 18.2 Å². The summed E-state index contributed by atoms with van der Waals surface area (Å²) in [6.45, 7) is 0.613. The molecule has 0 amide bonds. The number of hydrogen-bond donors (Lipinski definition) is 0. The van der Waals surface area contributed by atoms with Crippen molar-refractivity contribution in [2.24, 2.45) is 0 Å². The molecule has 2 aromatic rings. The van der Waals surface area contributed by atoms with Gasteiger partial charge in [-0.15, -0.1) is 0 Å². The zero-order valence-corrected chi connectivity index (χ0v) is 12.1. The number of fused-ring (bicyclic) bond motifs is 2. The largest absolute Gasteiger partial charge is 0.486 e. The van der Waals surface area contributed by atoms with Crippen LogP contribution in [-0.4, -0.2) is 12.7 Å². The summed E-state index contributed by atoms with van der Waals surface area (Å²) in [6.07, 6.45) is 5.94. The monoisotopic (exact) mass is 279 g/mol. The Balaban J connectivity index is 1.50. The Labute approximate surface area is 125 Å². The minimum absolute atomic E-state index is 0.0813. The Bertz CT molecular complexity index is 648. The summed E-state index contributed by atoms with van der Waals surface area (Å²) in [6, 6.07) is 16.0. The Kier molecular flexibility index (Phi) is 3.30. The average Bonchev–Trinajstić information content (AvgIpc) is 2.55. The number of ether oxygens (including phenoxy) is 2. The molecule has 0 fully saturated rings. The highest BCUT2D eigenvalue weighted by atomic mass is 16.6. The van der Waals surface area contributed by atoms with Gasteiger partial charge in [0.15, 0.2) is 11.5 Å². The first-order valence-electron chi connectivity index (χ1n) is 7.80. The van der Waals surface area contributed by atoms with Crippen molar-refractivity contribution in [1.82, 2.24) is 0 Å². The molecular weight excluding hydrogens is 260 g/mol. The number of rotatable bonds is 2. The molecule has 0 spiro atoms. The number of hydrogen-bond acceptors (Lipinski definition) is 2. The van der Waals surface area contributed by atoms with Crippen molar-refractivity contribution in [1.29, 1.82) is 0 Å². The summed E-state index contributed by atoms with van der Waals surface area (Å²) in [5.41, 5.74) is 4.13. The van der Waals surface area contributed by atoms with E-state index >= 15 is 0 Å². The summed E-state index contributed by atoms with van der Waals surface area (Å²) in [5, 5.41) is 0. The molecule has 2 heteroatoms. The van der Waals surface area contributed by atoms with Crippen LogP contribution in [0.15, 0.2) is 36.4 Å². The molecule has 2 aromatic carbocycles. The lowest BCUT2D eigenvalue weighted by atomic mass is 9.89. The zero-order chi connectivity index (χ0) is 14.1. The van der Waals surface area contributed by atoms with Gasteiger partial charge >= 0.3 is 0 Å². The first kappa shape index (κ1) is 12.8. The lowest BCUT2D eigenvalue weighted by Crippen LogP contribution is -2.31. The van der Waals surface area contributed by atoms with Gasteiger partial charge in [-0.25, -0.2) is 0 Å². The van der Waals surface area contributed by atoms with Gasteiger partial charge in [-0.2, -0.15) is 0 Å². The number of benzene rings is 2. The highest BCUT2D eigenvalue weighted by Gasteiger charge is 2.21. The van der Waals surface area contributed by atoms with E-state index in [1.807, 2.05) is 24.3 Å². The standard InChI is InChI=1S/C19H19O2/c1-2-6-16-11-14(9-10-15(16)5-1)12-17-13-20-18-7-3-4-8-19(18)21-17/h3-4,7-10,17H,1-2,5-6,12-13H2. The molecule has 1 aliphatic carbocycles. The van der Waals surface area contributed by atoms with Crippen molar-refractivity contribution in [3.05, 3.63) is 59.2 Å². The second-order valence-corrected chi connectivity index (χ2v) is 5.90. The summed E-state index contributed by atoms with van der Waals surface area (Å²) < 4.78 is 11.8. The summed E-state index contributed by atoms with van der Waals surface area (Å²) in [4.78, 5) is 0. The van der Waals surface area contributed by atoms with Crippen LogP contribution in [0.4, 0.5) is 0 Å². The second-order valence-electron chi connectivity index (χ2n) is 5.90. The van der Waals surface area contributed by atoms with Crippen molar-refractivity contribution in [3.63, 3.8) is 0 Å². The van der Waals surface area contributed by atoms with Gasteiger partial charge in [0, 0.05) is 6.42 Å². The van der Waals surface area contributed by atoms with E-state index in [1.165, 1.54) is 42.4 Å². The van der Waals surface area contributed by atoms with E-state index in [0.717, 1.165) is 17.9 Å². The lowest BCUT2D eigenvalue weighted by molar-refractivity contribution is 0.0912. The van der Waals surface area contributed by atoms with E-state index in [0.29, 0.717) is 6.61 Å². The minimum Gasteiger partial charge on any atom is -0.486 e. The van der Waals surface area contributed by atoms with Gasteiger partial charge in [0.25, 0.3) is 0 Å². The van der Waals surface area contributed by atoms with Crippen LogP contribution in [0.25, 0.3) is 0 Å². The molecule has 0 aromatic heterocycles. The van der Waals surface area contributed by atoms with Crippen molar-refractivity contribution < 1.29 is 9.47 Å². The van der Waals surface area contributed by atoms with E-state index < -0.39 is 0 Å². The molecule has 0 saturated carbocycles. The third kappa shape index (κ3) is 2.63. The Morgan fingerprint density at radius 1 is 1.00 bits per heavy atom. The van der Waals surface area contributed by atoms with Crippen LogP contribution in [0, 0.1) is 6.07 Å². The molecule has 1 radical (unpaired) electrons. The highest BCUT2D eigenvalue weighted by Crippen LogP contribution is 2.32. The minimum atomic E-state index is 0.0813. The van der Waals surface area contributed by atoms with Crippen molar-refractivity contribution in [2.75, 3.05) is 6.61 Å². The van der Waals surface area contributed by atoms with E-state index in [-0.39, 0.29) is 6.10 Å². The molecule has 2 nitrogen and oxygen atoms in total. The predicted molar refractivity (Wildman–Crippen MR) is 82.0 cm³/mol. The smallest absolute Gasteiger partial charge is 0.161 e. The van der Waals surface area contributed by atoms with Crippen LogP contribution < -0.4 is 9.47 Å². The van der Waals surface area contributed by atoms with Gasteiger partial charge < -0.3 is 9.47 Å². The van der Waals surface area contributed by atoms with Crippen LogP contribution in [0.1, 0.15) is 29.5 Å². The van der Waals surface area contributed by atoms with Gasteiger partial charge in [-0.05, 0) is 60.6 Å². The molecule has 1 heterocycles. The SMILES string of the molecule is [c]1c(CC2COc3ccccc3O2)ccc2c1CCCC2. The van der Waals surface area contributed by atoms with E-state index in [9.17, 15) is 0 Å². The molecule has 0 saturated heterocycles. The molecule has 2 aliphatic rings. The van der Waals surface area contributed by atoms with Gasteiger partial charge in [-0.1, -0.05) is 24.3 Å². The first-order chi connectivity index (χ1) is 10.4. The predicted octanol–water partition coefficient (Wildman–Crippen LogP) is 3.75. The molecule has 107 valence electrons. The van der Waals surface area contributed by atoms with Crippen LogP contribution in [0.3, 0.4) is 0 Å². The van der Waals surface area contributed by atoms with Gasteiger partial charge in [0.2, 0.25) is 0 Å². The van der Waals surface area contributed by atoms with E-state index in [4.69, 9.17) is 9.47 Å².